The van der Waals surface area contributed by atoms with Crippen LogP contribution >= 0.6 is 0 Å². The Morgan fingerprint density at radius 2 is 1.85 bits per heavy atom. The first-order chi connectivity index (χ1) is 6.22. The van der Waals surface area contributed by atoms with Crippen molar-refractivity contribution in [3.63, 3.8) is 0 Å². The van der Waals surface area contributed by atoms with E-state index in [0.29, 0.717) is 12.1 Å². The second-order valence-corrected chi connectivity index (χ2v) is 4.24. The third kappa shape index (κ3) is 1.46. The first-order valence-electron chi connectivity index (χ1n) is 5.02. The van der Waals surface area contributed by atoms with E-state index in [2.05, 4.69) is 11.9 Å². The van der Waals surface area contributed by atoms with Gasteiger partial charge < -0.3 is 9.64 Å². The maximum absolute atomic E-state index is 11.4. The third-order valence-electron chi connectivity index (χ3n) is 3.63. The van der Waals surface area contributed by atoms with Crippen molar-refractivity contribution in [2.24, 2.45) is 5.92 Å². The van der Waals surface area contributed by atoms with Gasteiger partial charge >= 0.3 is 5.97 Å². The number of esters is 1. The van der Waals surface area contributed by atoms with Crippen LogP contribution in [0.3, 0.4) is 0 Å². The van der Waals surface area contributed by atoms with Gasteiger partial charge in [-0.2, -0.15) is 0 Å². The summed E-state index contributed by atoms with van der Waals surface area (Å²) in [4.78, 5) is 13.8. The highest BCUT2D eigenvalue weighted by Gasteiger charge is 2.41. The molecule has 2 aliphatic rings. The number of ether oxygens (including phenoxy) is 1. The zero-order valence-electron chi connectivity index (χ0n) is 8.32. The standard InChI is InChI=1S/C10H17NO2/c1-11-8-3-4-9(11)6-7(5-8)10(12)13-2/h7-9H,3-6H2,1-2H3. The number of fused-ring (bicyclic) bond motifs is 2. The van der Waals surface area contributed by atoms with Crippen LogP contribution in [0.4, 0.5) is 0 Å². The van der Waals surface area contributed by atoms with Gasteiger partial charge in [0, 0.05) is 12.1 Å². The SMILES string of the molecule is COC(=O)C1CC2CCC(C1)N2C. The second-order valence-electron chi connectivity index (χ2n) is 4.24. The van der Waals surface area contributed by atoms with E-state index >= 15 is 0 Å². The molecular weight excluding hydrogens is 166 g/mol. The lowest BCUT2D eigenvalue weighted by Gasteiger charge is -2.34. The molecule has 0 aromatic rings. The van der Waals surface area contributed by atoms with Gasteiger partial charge in [-0.25, -0.2) is 0 Å². The second kappa shape index (κ2) is 3.29. The Morgan fingerprint density at radius 3 is 2.31 bits per heavy atom. The number of hydrogen-bond acceptors (Lipinski definition) is 3. The summed E-state index contributed by atoms with van der Waals surface area (Å²) in [7, 11) is 3.67. The fourth-order valence-electron chi connectivity index (χ4n) is 2.77. The highest BCUT2D eigenvalue weighted by molar-refractivity contribution is 5.72. The lowest BCUT2D eigenvalue weighted by molar-refractivity contribution is -0.147. The van der Waals surface area contributed by atoms with E-state index in [9.17, 15) is 4.79 Å². The molecule has 0 amide bonds. The summed E-state index contributed by atoms with van der Waals surface area (Å²) in [5.74, 6) is 0.156. The Labute approximate surface area is 79.0 Å². The Bertz CT molecular complexity index is 203. The van der Waals surface area contributed by atoms with Crippen molar-refractivity contribution in [1.82, 2.24) is 4.90 Å². The van der Waals surface area contributed by atoms with Crippen LogP contribution in [0.2, 0.25) is 0 Å². The minimum atomic E-state index is -0.00926. The van der Waals surface area contributed by atoms with Crippen LogP contribution in [-0.4, -0.2) is 37.1 Å². The Kier molecular flexibility index (Phi) is 2.28. The zero-order chi connectivity index (χ0) is 9.42. The van der Waals surface area contributed by atoms with Crippen LogP contribution in [0.15, 0.2) is 0 Å². The summed E-state index contributed by atoms with van der Waals surface area (Å²) >= 11 is 0. The molecule has 74 valence electrons. The van der Waals surface area contributed by atoms with E-state index in [1.54, 1.807) is 0 Å². The van der Waals surface area contributed by atoms with Gasteiger partial charge in [0.05, 0.1) is 13.0 Å². The zero-order valence-corrected chi connectivity index (χ0v) is 8.32. The lowest BCUT2D eigenvalue weighted by atomic mass is 9.91. The highest BCUT2D eigenvalue weighted by atomic mass is 16.5. The molecule has 0 radical (unpaired) electrons. The number of carbonyl (C=O) groups is 1. The Hall–Kier alpha value is -0.570. The third-order valence-corrected chi connectivity index (χ3v) is 3.63. The molecule has 2 unspecified atom stereocenters. The molecule has 2 aliphatic heterocycles. The average molecular weight is 183 g/mol. The van der Waals surface area contributed by atoms with Crippen LogP contribution in [0.5, 0.6) is 0 Å². The molecule has 2 bridgehead atoms. The van der Waals surface area contributed by atoms with E-state index in [4.69, 9.17) is 4.74 Å². The molecule has 0 N–H and O–H groups in total. The first kappa shape index (κ1) is 9.00. The van der Waals surface area contributed by atoms with Gasteiger partial charge in [0.1, 0.15) is 0 Å². The van der Waals surface area contributed by atoms with Gasteiger partial charge in [-0.15, -0.1) is 0 Å². The van der Waals surface area contributed by atoms with Crippen LogP contribution in [0.1, 0.15) is 25.7 Å². The molecule has 3 nitrogen and oxygen atoms in total. The van der Waals surface area contributed by atoms with E-state index < -0.39 is 0 Å². The van der Waals surface area contributed by atoms with Gasteiger partial charge in [-0.3, -0.25) is 4.79 Å². The van der Waals surface area contributed by atoms with Crippen LogP contribution in [0.25, 0.3) is 0 Å². The largest absolute Gasteiger partial charge is 0.469 e. The minimum absolute atomic E-state index is 0.00926. The summed E-state index contributed by atoms with van der Waals surface area (Å²) in [6.45, 7) is 0. The summed E-state index contributed by atoms with van der Waals surface area (Å²) in [6, 6.07) is 1.26. The molecular formula is C10H17NO2. The van der Waals surface area contributed by atoms with E-state index in [-0.39, 0.29) is 11.9 Å². The number of piperidine rings is 1. The molecule has 13 heavy (non-hydrogen) atoms. The maximum Gasteiger partial charge on any atom is 0.308 e. The van der Waals surface area contributed by atoms with Crippen molar-refractivity contribution in [2.45, 2.75) is 37.8 Å². The van der Waals surface area contributed by atoms with Gasteiger partial charge in [-0.05, 0) is 32.7 Å². The monoisotopic (exact) mass is 183 g/mol. The van der Waals surface area contributed by atoms with Crippen molar-refractivity contribution >= 4 is 5.97 Å². The molecule has 0 saturated carbocycles. The average Bonchev–Trinajstić information content (AvgIpc) is 2.42. The van der Waals surface area contributed by atoms with Crippen molar-refractivity contribution in [1.29, 1.82) is 0 Å². The summed E-state index contributed by atoms with van der Waals surface area (Å²) in [6.07, 6.45) is 4.52. The van der Waals surface area contributed by atoms with Gasteiger partial charge in [-0.1, -0.05) is 0 Å². The molecule has 0 aliphatic carbocycles. The minimum Gasteiger partial charge on any atom is -0.469 e. The molecule has 2 heterocycles. The Balaban J connectivity index is 2.02. The van der Waals surface area contributed by atoms with Crippen molar-refractivity contribution in [2.75, 3.05) is 14.2 Å². The van der Waals surface area contributed by atoms with Crippen LogP contribution in [0, 0.1) is 5.92 Å². The quantitative estimate of drug-likeness (QED) is 0.569. The predicted molar refractivity (Wildman–Crippen MR) is 49.3 cm³/mol. The van der Waals surface area contributed by atoms with Gasteiger partial charge in [0.2, 0.25) is 0 Å². The van der Waals surface area contributed by atoms with Gasteiger partial charge in [0.25, 0.3) is 0 Å². The molecule has 0 spiro atoms. The molecule has 2 fully saturated rings. The van der Waals surface area contributed by atoms with Gasteiger partial charge in [0.15, 0.2) is 0 Å². The lowest BCUT2D eigenvalue weighted by Crippen LogP contribution is -2.42. The fraction of sp³-hybridized carbons (Fsp3) is 0.900. The van der Waals surface area contributed by atoms with E-state index in [1.807, 2.05) is 0 Å². The molecule has 0 aromatic heterocycles. The molecule has 2 atom stereocenters. The fourth-order valence-corrected chi connectivity index (χ4v) is 2.77. The predicted octanol–water partition coefficient (Wildman–Crippen LogP) is 1.03. The molecule has 3 heteroatoms. The smallest absolute Gasteiger partial charge is 0.308 e. The number of hydrogen-bond donors (Lipinski definition) is 0. The summed E-state index contributed by atoms with van der Waals surface area (Å²) in [5, 5.41) is 0. The Morgan fingerprint density at radius 1 is 1.31 bits per heavy atom. The normalized spacial score (nSPS) is 39.1. The summed E-state index contributed by atoms with van der Waals surface area (Å²) < 4.78 is 4.79. The number of rotatable bonds is 1. The van der Waals surface area contributed by atoms with Crippen LogP contribution in [-0.2, 0) is 9.53 Å². The maximum atomic E-state index is 11.4. The summed E-state index contributed by atoms with van der Waals surface area (Å²) in [5.41, 5.74) is 0. The van der Waals surface area contributed by atoms with E-state index in [0.717, 1.165) is 12.8 Å². The number of methoxy groups -OCH3 is 1. The molecule has 2 rings (SSSR count). The molecule has 2 saturated heterocycles. The van der Waals surface area contributed by atoms with E-state index in [1.165, 1.54) is 20.0 Å². The number of carbonyl (C=O) groups excluding carboxylic acids is 1. The highest BCUT2D eigenvalue weighted by Crippen LogP contribution is 2.37. The molecule has 0 aromatic carbocycles. The first-order valence-corrected chi connectivity index (χ1v) is 5.02. The van der Waals surface area contributed by atoms with Crippen molar-refractivity contribution < 1.29 is 9.53 Å². The van der Waals surface area contributed by atoms with Crippen molar-refractivity contribution in [3.8, 4) is 0 Å². The van der Waals surface area contributed by atoms with Crippen molar-refractivity contribution in [3.05, 3.63) is 0 Å². The topological polar surface area (TPSA) is 29.5 Å². The van der Waals surface area contributed by atoms with Crippen LogP contribution < -0.4 is 0 Å². The number of nitrogens with zero attached hydrogens (tertiary/aromatic N) is 1.